The molecule has 0 bridgehead atoms. The van der Waals surface area contributed by atoms with Crippen LogP contribution >= 0.6 is 11.6 Å². The number of halogens is 1. The quantitative estimate of drug-likeness (QED) is 0.360. The Morgan fingerprint density at radius 2 is 1.29 bits per heavy atom. The standard InChI is InChI=1S/C20H13Cl/c21-20-8-4-3-7-19(20)16-11-12-18-15(13-16)10-9-14-5-1-2-6-17(14)18/h1-13H. The number of rotatable bonds is 1. The van der Waals surface area contributed by atoms with Crippen LogP contribution in [0.25, 0.3) is 32.7 Å². The second kappa shape index (κ2) is 4.91. The highest BCUT2D eigenvalue weighted by molar-refractivity contribution is 6.33. The van der Waals surface area contributed by atoms with E-state index in [0.717, 1.165) is 16.1 Å². The van der Waals surface area contributed by atoms with E-state index in [1.165, 1.54) is 21.5 Å². The van der Waals surface area contributed by atoms with Gasteiger partial charge in [-0.05, 0) is 39.2 Å². The minimum atomic E-state index is 0.789. The van der Waals surface area contributed by atoms with Crippen LogP contribution in [0.5, 0.6) is 0 Å². The van der Waals surface area contributed by atoms with Crippen LogP contribution in [-0.2, 0) is 0 Å². The highest BCUT2D eigenvalue weighted by Gasteiger charge is 2.05. The largest absolute Gasteiger partial charge is 0.0837 e. The Balaban J connectivity index is 1.99. The van der Waals surface area contributed by atoms with Gasteiger partial charge in [-0.15, -0.1) is 0 Å². The molecular weight excluding hydrogens is 276 g/mol. The predicted molar refractivity (Wildman–Crippen MR) is 91.9 cm³/mol. The number of hydrogen-bond donors (Lipinski definition) is 0. The zero-order valence-corrected chi connectivity index (χ0v) is 12.1. The van der Waals surface area contributed by atoms with E-state index in [0.29, 0.717) is 0 Å². The van der Waals surface area contributed by atoms with Crippen LogP contribution in [0.3, 0.4) is 0 Å². The van der Waals surface area contributed by atoms with Crippen LogP contribution in [-0.4, -0.2) is 0 Å². The van der Waals surface area contributed by atoms with Gasteiger partial charge in [-0.25, -0.2) is 0 Å². The first-order valence-corrected chi connectivity index (χ1v) is 7.37. The summed E-state index contributed by atoms with van der Waals surface area (Å²) in [6, 6.07) is 27.4. The normalized spacial score (nSPS) is 11.1. The summed E-state index contributed by atoms with van der Waals surface area (Å²) in [5.41, 5.74) is 2.23. The van der Waals surface area contributed by atoms with Crippen molar-refractivity contribution < 1.29 is 0 Å². The van der Waals surface area contributed by atoms with Crippen molar-refractivity contribution in [2.45, 2.75) is 0 Å². The van der Waals surface area contributed by atoms with Gasteiger partial charge in [-0.2, -0.15) is 0 Å². The lowest BCUT2D eigenvalue weighted by molar-refractivity contribution is 1.65. The maximum Gasteiger partial charge on any atom is 0.0484 e. The first-order chi connectivity index (χ1) is 10.3. The molecule has 0 amide bonds. The van der Waals surface area contributed by atoms with E-state index in [9.17, 15) is 0 Å². The molecule has 0 aliphatic rings. The fourth-order valence-electron chi connectivity index (χ4n) is 2.88. The molecule has 1 heteroatoms. The Kier molecular flexibility index (Phi) is 2.90. The van der Waals surface area contributed by atoms with Crippen LogP contribution < -0.4 is 0 Å². The Bertz CT molecular complexity index is 954. The van der Waals surface area contributed by atoms with Crippen molar-refractivity contribution in [1.29, 1.82) is 0 Å². The molecule has 0 aliphatic carbocycles. The molecule has 0 spiro atoms. The van der Waals surface area contributed by atoms with Gasteiger partial charge in [-0.1, -0.05) is 78.3 Å². The van der Waals surface area contributed by atoms with Crippen molar-refractivity contribution in [1.82, 2.24) is 0 Å². The molecule has 4 aromatic carbocycles. The number of fused-ring (bicyclic) bond motifs is 3. The maximum absolute atomic E-state index is 6.31. The minimum Gasteiger partial charge on any atom is -0.0837 e. The first-order valence-electron chi connectivity index (χ1n) is 6.99. The summed E-state index contributed by atoms with van der Waals surface area (Å²) in [5.74, 6) is 0. The molecule has 0 saturated heterocycles. The molecule has 0 heterocycles. The van der Waals surface area contributed by atoms with Crippen molar-refractivity contribution in [2.75, 3.05) is 0 Å². The second-order valence-electron chi connectivity index (χ2n) is 5.20. The maximum atomic E-state index is 6.31. The molecule has 0 aromatic heterocycles. The smallest absolute Gasteiger partial charge is 0.0484 e. The molecule has 0 nitrogen and oxygen atoms in total. The van der Waals surface area contributed by atoms with Gasteiger partial charge in [0.15, 0.2) is 0 Å². The minimum absolute atomic E-state index is 0.789. The highest BCUT2D eigenvalue weighted by Crippen LogP contribution is 2.32. The molecule has 0 aliphatic heterocycles. The van der Waals surface area contributed by atoms with Crippen LogP contribution in [0, 0.1) is 0 Å². The average molecular weight is 289 g/mol. The summed E-state index contributed by atoms with van der Waals surface area (Å²) >= 11 is 6.31. The molecule has 4 aromatic rings. The Labute approximate surface area is 128 Å². The van der Waals surface area contributed by atoms with Crippen LogP contribution in [0.4, 0.5) is 0 Å². The lowest BCUT2D eigenvalue weighted by atomic mass is 9.97. The van der Waals surface area contributed by atoms with E-state index in [4.69, 9.17) is 11.6 Å². The van der Waals surface area contributed by atoms with E-state index in [1.807, 2.05) is 18.2 Å². The summed E-state index contributed by atoms with van der Waals surface area (Å²) in [6.45, 7) is 0. The van der Waals surface area contributed by atoms with Gasteiger partial charge in [0.2, 0.25) is 0 Å². The molecule has 0 radical (unpaired) electrons. The summed E-state index contributed by atoms with van der Waals surface area (Å²) in [7, 11) is 0. The predicted octanol–water partition coefficient (Wildman–Crippen LogP) is 6.31. The third-order valence-corrected chi connectivity index (χ3v) is 4.26. The third-order valence-electron chi connectivity index (χ3n) is 3.93. The van der Waals surface area contributed by atoms with E-state index < -0.39 is 0 Å². The van der Waals surface area contributed by atoms with Crippen molar-refractivity contribution in [3.8, 4) is 11.1 Å². The van der Waals surface area contributed by atoms with Crippen LogP contribution in [0.1, 0.15) is 0 Å². The fourth-order valence-corrected chi connectivity index (χ4v) is 3.12. The lowest BCUT2D eigenvalue weighted by Gasteiger charge is -2.08. The summed E-state index contributed by atoms with van der Waals surface area (Å²) in [5, 5.41) is 5.88. The molecular formula is C20H13Cl. The van der Waals surface area contributed by atoms with Gasteiger partial charge < -0.3 is 0 Å². The summed E-state index contributed by atoms with van der Waals surface area (Å²) < 4.78 is 0. The van der Waals surface area contributed by atoms with Gasteiger partial charge in [0.05, 0.1) is 0 Å². The van der Waals surface area contributed by atoms with Gasteiger partial charge in [0.25, 0.3) is 0 Å². The van der Waals surface area contributed by atoms with Gasteiger partial charge in [-0.3, -0.25) is 0 Å². The zero-order valence-electron chi connectivity index (χ0n) is 11.4. The second-order valence-corrected chi connectivity index (χ2v) is 5.61. The average Bonchev–Trinajstić information content (AvgIpc) is 2.54. The first kappa shape index (κ1) is 12.4. The third kappa shape index (κ3) is 2.09. The molecule has 0 atom stereocenters. The van der Waals surface area contributed by atoms with Crippen molar-refractivity contribution in [3.63, 3.8) is 0 Å². The monoisotopic (exact) mass is 288 g/mol. The zero-order chi connectivity index (χ0) is 14.2. The molecule has 0 saturated carbocycles. The molecule has 4 rings (SSSR count). The molecule has 21 heavy (non-hydrogen) atoms. The van der Waals surface area contributed by atoms with Gasteiger partial charge in [0, 0.05) is 10.6 Å². The van der Waals surface area contributed by atoms with E-state index in [1.54, 1.807) is 0 Å². The number of hydrogen-bond acceptors (Lipinski definition) is 0. The van der Waals surface area contributed by atoms with Crippen LogP contribution in [0.15, 0.2) is 78.9 Å². The Morgan fingerprint density at radius 3 is 2.19 bits per heavy atom. The van der Waals surface area contributed by atoms with Crippen molar-refractivity contribution >= 4 is 33.1 Å². The molecule has 100 valence electrons. The van der Waals surface area contributed by atoms with Crippen molar-refractivity contribution in [2.24, 2.45) is 0 Å². The van der Waals surface area contributed by atoms with Crippen molar-refractivity contribution in [3.05, 3.63) is 83.9 Å². The van der Waals surface area contributed by atoms with Crippen LogP contribution in [0.2, 0.25) is 5.02 Å². The van der Waals surface area contributed by atoms with E-state index in [2.05, 4.69) is 60.7 Å². The summed E-state index contributed by atoms with van der Waals surface area (Å²) in [6.07, 6.45) is 0. The number of benzene rings is 4. The van der Waals surface area contributed by atoms with Gasteiger partial charge in [0.1, 0.15) is 0 Å². The Morgan fingerprint density at radius 1 is 0.571 bits per heavy atom. The van der Waals surface area contributed by atoms with E-state index >= 15 is 0 Å². The SMILES string of the molecule is Clc1ccccc1-c1ccc2c(ccc3ccccc32)c1. The molecule has 0 N–H and O–H groups in total. The Hall–Kier alpha value is -2.31. The van der Waals surface area contributed by atoms with E-state index in [-0.39, 0.29) is 0 Å². The summed E-state index contributed by atoms with van der Waals surface area (Å²) in [4.78, 5) is 0. The topological polar surface area (TPSA) is 0 Å². The fraction of sp³-hybridized carbons (Fsp3) is 0. The molecule has 0 fully saturated rings. The lowest BCUT2D eigenvalue weighted by Crippen LogP contribution is -1.82. The highest BCUT2D eigenvalue weighted by atomic mass is 35.5. The van der Waals surface area contributed by atoms with Gasteiger partial charge >= 0.3 is 0 Å². The molecule has 0 unspecified atom stereocenters.